The fourth-order valence-corrected chi connectivity index (χ4v) is 7.88. The highest BCUT2D eigenvalue weighted by Gasteiger charge is 2.59. The van der Waals surface area contributed by atoms with E-state index in [0.717, 1.165) is 36.5 Å². The fraction of sp³-hybridized carbons (Fsp3) is 0.857. The third kappa shape index (κ3) is 2.23. The largest absolute Gasteiger partial charge is 0.295 e. The van der Waals surface area contributed by atoms with Gasteiger partial charge >= 0.3 is 0 Å². The molecular weight excluding hydrogens is 300 g/mol. The van der Waals surface area contributed by atoms with Gasteiger partial charge in [-0.2, -0.15) is 12.6 Å². The maximum Gasteiger partial charge on any atom is 0.155 e. The number of hydrogen-bond acceptors (Lipinski definition) is 2. The first-order valence-electron chi connectivity index (χ1n) is 9.78. The lowest BCUT2D eigenvalue weighted by Gasteiger charge is -2.58. The maximum absolute atomic E-state index is 11.9. The van der Waals surface area contributed by atoms with Crippen LogP contribution >= 0.6 is 12.6 Å². The first-order chi connectivity index (χ1) is 10.9. The van der Waals surface area contributed by atoms with Crippen molar-refractivity contribution in [3.63, 3.8) is 0 Å². The van der Waals surface area contributed by atoms with Crippen molar-refractivity contribution < 1.29 is 4.79 Å². The van der Waals surface area contributed by atoms with Crippen LogP contribution in [0.5, 0.6) is 0 Å². The van der Waals surface area contributed by atoms with Gasteiger partial charge in [0.1, 0.15) is 0 Å². The summed E-state index contributed by atoms with van der Waals surface area (Å²) in [6, 6.07) is 0. The van der Waals surface area contributed by atoms with Crippen molar-refractivity contribution in [2.24, 2.45) is 34.5 Å². The molecule has 23 heavy (non-hydrogen) atoms. The van der Waals surface area contributed by atoms with E-state index < -0.39 is 0 Å². The molecule has 7 atom stereocenters. The Morgan fingerprint density at radius 2 is 1.87 bits per heavy atom. The highest BCUT2D eigenvalue weighted by atomic mass is 32.1. The number of carbonyl (C=O) groups excluding carboxylic acids is 1. The van der Waals surface area contributed by atoms with Crippen molar-refractivity contribution in [1.29, 1.82) is 0 Å². The molecular formula is C21H32OS. The summed E-state index contributed by atoms with van der Waals surface area (Å²) in [5.41, 5.74) is 2.34. The molecule has 0 spiro atoms. The van der Waals surface area contributed by atoms with Crippen molar-refractivity contribution >= 4 is 18.4 Å². The van der Waals surface area contributed by atoms with Gasteiger partial charge in [-0.1, -0.05) is 26.3 Å². The molecule has 3 fully saturated rings. The molecule has 1 unspecified atom stereocenters. The Labute approximate surface area is 147 Å². The predicted octanol–water partition coefficient (Wildman–Crippen LogP) is 5.45. The van der Waals surface area contributed by atoms with E-state index in [1.807, 2.05) is 6.08 Å². The molecule has 3 saturated carbocycles. The fourth-order valence-electron chi connectivity index (χ4n) is 7.39. The van der Waals surface area contributed by atoms with Gasteiger partial charge in [0.25, 0.3) is 0 Å². The van der Waals surface area contributed by atoms with Gasteiger partial charge in [0.15, 0.2) is 5.78 Å². The van der Waals surface area contributed by atoms with Crippen LogP contribution in [-0.2, 0) is 4.79 Å². The van der Waals surface area contributed by atoms with Gasteiger partial charge in [-0.3, -0.25) is 4.79 Å². The minimum Gasteiger partial charge on any atom is -0.295 e. The molecule has 0 heterocycles. The average molecular weight is 333 g/mol. The van der Waals surface area contributed by atoms with E-state index in [9.17, 15) is 4.79 Å². The topological polar surface area (TPSA) is 17.1 Å². The number of rotatable bonds is 1. The van der Waals surface area contributed by atoms with E-state index in [2.05, 4.69) is 20.8 Å². The van der Waals surface area contributed by atoms with E-state index in [4.69, 9.17) is 12.6 Å². The summed E-state index contributed by atoms with van der Waals surface area (Å²) in [4.78, 5) is 11.9. The molecule has 0 amide bonds. The van der Waals surface area contributed by atoms with E-state index >= 15 is 0 Å². The first-order valence-corrected chi connectivity index (χ1v) is 10.3. The van der Waals surface area contributed by atoms with Gasteiger partial charge in [0.2, 0.25) is 0 Å². The smallest absolute Gasteiger partial charge is 0.155 e. The normalized spacial score (nSPS) is 50.6. The van der Waals surface area contributed by atoms with Gasteiger partial charge in [0.05, 0.1) is 0 Å². The van der Waals surface area contributed by atoms with Crippen LogP contribution in [0.3, 0.4) is 0 Å². The molecule has 0 aliphatic heterocycles. The molecule has 0 radical (unpaired) electrons. The Bertz CT molecular complexity index is 550. The van der Waals surface area contributed by atoms with Crippen molar-refractivity contribution in [2.45, 2.75) is 77.4 Å². The van der Waals surface area contributed by atoms with Crippen molar-refractivity contribution in [2.75, 3.05) is 0 Å². The van der Waals surface area contributed by atoms with Gasteiger partial charge in [-0.15, -0.1) is 0 Å². The molecule has 2 heteroatoms. The van der Waals surface area contributed by atoms with E-state index in [-0.39, 0.29) is 0 Å². The number of ketones is 1. The Balaban J connectivity index is 1.66. The lowest BCUT2D eigenvalue weighted by molar-refractivity contribution is -0.117. The maximum atomic E-state index is 11.9. The van der Waals surface area contributed by atoms with Crippen LogP contribution in [0.15, 0.2) is 11.6 Å². The second kappa shape index (κ2) is 5.38. The molecule has 0 saturated heterocycles. The minimum absolute atomic E-state index is 0.322. The number of hydrogen-bond donors (Lipinski definition) is 1. The van der Waals surface area contributed by atoms with E-state index in [1.165, 1.54) is 44.1 Å². The Morgan fingerprint density at radius 1 is 1.09 bits per heavy atom. The lowest BCUT2D eigenvalue weighted by Crippen LogP contribution is -2.51. The quantitative estimate of drug-likeness (QED) is 0.632. The molecule has 128 valence electrons. The number of carbonyl (C=O) groups is 1. The lowest BCUT2D eigenvalue weighted by atomic mass is 9.47. The van der Waals surface area contributed by atoms with Crippen molar-refractivity contribution in [1.82, 2.24) is 0 Å². The molecule has 0 aromatic heterocycles. The van der Waals surface area contributed by atoms with Crippen molar-refractivity contribution in [3.05, 3.63) is 11.6 Å². The molecule has 4 aliphatic rings. The highest BCUT2D eigenvalue weighted by Crippen LogP contribution is 2.67. The summed E-state index contributed by atoms with van der Waals surface area (Å²) in [5.74, 6) is 3.79. The summed E-state index contributed by atoms with van der Waals surface area (Å²) in [5, 5.41) is 0.531. The monoisotopic (exact) mass is 332 g/mol. The minimum atomic E-state index is 0.322. The first kappa shape index (κ1) is 16.2. The molecule has 1 nitrogen and oxygen atoms in total. The zero-order chi connectivity index (χ0) is 16.4. The Kier molecular flexibility index (Phi) is 3.80. The standard InChI is InChI=1S/C21H32OS/c1-13(23)17-6-7-18-16-5-4-14-12-15(22)8-10-20(14,2)19(16)9-11-21(17,18)3/h12-13,16-19,23H,4-11H2,1-3H3/t13?,16-,17+,18-,19-,20-,21+/m0/s1. The van der Waals surface area contributed by atoms with Crippen LogP contribution in [0.1, 0.15) is 72.1 Å². The van der Waals surface area contributed by atoms with Crippen LogP contribution in [0, 0.1) is 34.5 Å². The summed E-state index contributed by atoms with van der Waals surface area (Å²) < 4.78 is 0. The predicted molar refractivity (Wildman–Crippen MR) is 98.6 cm³/mol. The Hall–Kier alpha value is -0.240. The van der Waals surface area contributed by atoms with Crippen LogP contribution in [0.2, 0.25) is 0 Å². The Morgan fingerprint density at radius 3 is 2.61 bits per heavy atom. The number of thiol groups is 1. The highest BCUT2D eigenvalue weighted by molar-refractivity contribution is 7.80. The molecule has 0 bridgehead atoms. The zero-order valence-electron chi connectivity index (χ0n) is 15.0. The summed E-state index contributed by atoms with van der Waals surface area (Å²) in [6.45, 7) is 7.37. The summed E-state index contributed by atoms with van der Waals surface area (Å²) in [7, 11) is 0. The summed E-state index contributed by atoms with van der Waals surface area (Å²) in [6.07, 6.45) is 12.0. The third-order valence-corrected chi connectivity index (χ3v) is 8.98. The molecule has 4 rings (SSSR count). The van der Waals surface area contributed by atoms with E-state index in [1.54, 1.807) is 0 Å². The van der Waals surface area contributed by atoms with E-state index in [0.29, 0.717) is 21.9 Å². The zero-order valence-corrected chi connectivity index (χ0v) is 15.9. The molecule has 0 aromatic carbocycles. The summed E-state index contributed by atoms with van der Waals surface area (Å²) >= 11 is 4.84. The molecule has 0 aromatic rings. The van der Waals surface area contributed by atoms with Gasteiger partial charge < -0.3 is 0 Å². The average Bonchev–Trinajstić information content (AvgIpc) is 2.85. The number of fused-ring (bicyclic) bond motifs is 5. The SMILES string of the molecule is CC(S)[C@H]1CC[C@H]2[C@@H]3CCC4=CC(=O)CC[C@]4(C)[C@H]3CC[C@]12C. The number of allylic oxidation sites excluding steroid dienone is 1. The molecule has 4 aliphatic carbocycles. The van der Waals surface area contributed by atoms with Crippen molar-refractivity contribution in [3.8, 4) is 0 Å². The second-order valence-electron chi connectivity index (χ2n) is 9.44. The van der Waals surface area contributed by atoms with Gasteiger partial charge in [-0.25, -0.2) is 0 Å². The van der Waals surface area contributed by atoms with Crippen LogP contribution in [0.25, 0.3) is 0 Å². The van der Waals surface area contributed by atoms with Gasteiger partial charge in [-0.05, 0) is 85.5 Å². The van der Waals surface area contributed by atoms with Crippen LogP contribution in [-0.4, -0.2) is 11.0 Å². The van der Waals surface area contributed by atoms with Crippen LogP contribution < -0.4 is 0 Å². The molecule has 0 N–H and O–H groups in total. The second-order valence-corrected chi connectivity index (χ2v) is 10.3. The van der Waals surface area contributed by atoms with Crippen LogP contribution in [0.4, 0.5) is 0 Å². The van der Waals surface area contributed by atoms with Gasteiger partial charge in [0, 0.05) is 11.7 Å². The third-order valence-electron chi connectivity index (χ3n) is 8.62.